The van der Waals surface area contributed by atoms with Crippen LogP contribution in [0.1, 0.15) is 49.3 Å². The Kier molecular flexibility index (Phi) is 6.44. The molecule has 0 fully saturated rings. The number of carbonyl (C=O) groups excluding carboxylic acids is 2. The van der Waals surface area contributed by atoms with Crippen LogP contribution in [0.4, 0.5) is 0 Å². The van der Waals surface area contributed by atoms with Crippen molar-refractivity contribution in [3.63, 3.8) is 0 Å². The number of thiazole rings is 1. The summed E-state index contributed by atoms with van der Waals surface area (Å²) >= 11 is 1.51. The minimum Gasteiger partial charge on any atom is -0.352 e. The highest BCUT2D eigenvalue weighted by atomic mass is 32.1. The number of aryl methyl sites for hydroxylation is 2. The van der Waals surface area contributed by atoms with Crippen LogP contribution in [0.25, 0.3) is 0 Å². The maximum Gasteiger partial charge on any atom is 0.279 e. The number of hydrogen-bond acceptors (Lipinski definition) is 3. The van der Waals surface area contributed by atoms with E-state index in [-0.39, 0.29) is 11.8 Å². The average molecular weight is 408 g/mol. The predicted molar refractivity (Wildman–Crippen MR) is 116 cm³/mol. The van der Waals surface area contributed by atoms with Crippen LogP contribution in [0.5, 0.6) is 0 Å². The highest BCUT2D eigenvalue weighted by Crippen LogP contribution is 2.14. The summed E-state index contributed by atoms with van der Waals surface area (Å²) in [6.45, 7) is 9.11. The molecule has 0 bridgehead atoms. The molecule has 0 atom stereocenters. The largest absolute Gasteiger partial charge is 0.352 e. The highest BCUT2D eigenvalue weighted by Gasteiger charge is 2.11. The number of hydrogen-bond donors (Lipinski definition) is 1. The smallest absolute Gasteiger partial charge is 0.279 e. The van der Waals surface area contributed by atoms with Gasteiger partial charge in [0.05, 0.1) is 6.54 Å². The molecule has 2 aromatic carbocycles. The summed E-state index contributed by atoms with van der Waals surface area (Å²) in [5.74, 6) is -0.316. The number of benzene rings is 2. The zero-order valence-electron chi connectivity index (χ0n) is 17.2. The van der Waals surface area contributed by atoms with E-state index in [1.165, 1.54) is 11.3 Å². The Morgan fingerprint density at radius 2 is 1.76 bits per heavy atom. The van der Waals surface area contributed by atoms with Crippen molar-refractivity contribution in [3.05, 3.63) is 86.2 Å². The Labute approximate surface area is 174 Å². The van der Waals surface area contributed by atoms with Gasteiger partial charge in [-0.3, -0.25) is 9.59 Å². The second kappa shape index (κ2) is 9.01. The molecule has 150 valence electrons. The fourth-order valence-corrected chi connectivity index (χ4v) is 3.98. The summed E-state index contributed by atoms with van der Waals surface area (Å²) in [5, 5.41) is 2.80. The normalized spacial score (nSPS) is 11.5. The lowest BCUT2D eigenvalue weighted by Crippen LogP contribution is -2.22. The standard InChI is InChI=1S/C23H25N3O2S/c1-5-24-21(27)19-11-9-18(10-12-19)14-26-16(3)17(4)29-23(26)25-22(28)20-8-6-7-15(2)13-20/h6-13H,5,14H2,1-4H3,(H,24,27). The van der Waals surface area contributed by atoms with E-state index in [0.717, 1.165) is 21.7 Å². The first-order chi connectivity index (χ1) is 13.9. The molecule has 1 heterocycles. The quantitative estimate of drug-likeness (QED) is 0.694. The molecule has 0 aliphatic heterocycles. The van der Waals surface area contributed by atoms with Crippen LogP contribution in [0.3, 0.4) is 0 Å². The minimum absolute atomic E-state index is 0.0753. The number of aromatic nitrogens is 1. The van der Waals surface area contributed by atoms with Gasteiger partial charge < -0.3 is 9.88 Å². The molecule has 5 nitrogen and oxygen atoms in total. The topological polar surface area (TPSA) is 63.5 Å². The van der Waals surface area contributed by atoms with Crippen molar-refractivity contribution in [2.24, 2.45) is 4.99 Å². The number of nitrogens with one attached hydrogen (secondary N) is 1. The molecule has 3 rings (SSSR count). The molecule has 6 heteroatoms. The molecule has 2 amide bonds. The van der Waals surface area contributed by atoms with Crippen molar-refractivity contribution in [1.82, 2.24) is 9.88 Å². The molecule has 3 aromatic rings. The molecular weight excluding hydrogens is 382 g/mol. The van der Waals surface area contributed by atoms with Crippen LogP contribution in [-0.4, -0.2) is 22.9 Å². The summed E-state index contributed by atoms with van der Waals surface area (Å²) in [4.78, 5) is 30.8. The van der Waals surface area contributed by atoms with Gasteiger partial charge in [-0.25, -0.2) is 0 Å². The summed E-state index contributed by atoms with van der Waals surface area (Å²) in [6.07, 6.45) is 0. The SMILES string of the molecule is CCNC(=O)c1ccc(Cn2c(C)c(C)sc2=NC(=O)c2cccc(C)c2)cc1. The van der Waals surface area contributed by atoms with E-state index < -0.39 is 0 Å². The number of carbonyl (C=O) groups is 2. The van der Waals surface area contributed by atoms with Crippen molar-refractivity contribution >= 4 is 23.2 Å². The maximum atomic E-state index is 12.7. The third-order valence-corrected chi connectivity index (χ3v) is 5.84. The maximum absolute atomic E-state index is 12.7. The van der Waals surface area contributed by atoms with Gasteiger partial charge in [0, 0.05) is 28.2 Å². The average Bonchev–Trinajstić information content (AvgIpc) is 2.96. The Bertz CT molecular complexity index is 1110. The Balaban J connectivity index is 1.91. The molecule has 0 aliphatic rings. The zero-order chi connectivity index (χ0) is 21.0. The van der Waals surface area contributed by atoms with E-state index in [4.69, 9.17) is 0 Å². The Hall–Kier alpha value is -2.99. The molecule has 29 heavy (non-hydrogen) atoms. The Morgan fingerprint density at radius 3 is 2.41 bits per heavy atom. The molecule has 1 N–H and O–H groups in total. The highest BCUT2D eigenvalue weighted by molar-refractivity contribution is 7.09. The van der Waals surface area contributed by atoms with Crippen LogP contribution >= 0.6 is 11.3 Å². The first-order valence-electron chi connectivity index (χ1n) is 9.58. The van der Waals surface area contributed by atoms with Gasteiger partial charge >= 0.3 is 0 Å². The van der Waals surface area contributed by atoms with Crippen LogP contribution in [0, 0.1) is 20.8 Å². The third kappa shape index (κ3) is 4.90. The van der Waals surface area contributed by atoms with E-state index in [2.05, 4.69) is 14.9 Å². The summed E-state index contributed by atoms with van der Waals surface area (Å²) in [5.41, 5.74) is 4.39. The van der Waals surface area contributed by atoms with E-state index in [1.54, 1.807) is 6.07 Å². The molecule has 0 unspecified atom stereocenters. The van der Waals surface area contributed by atoms with Gasteiger partial charge in [-0.2, -0.15) is 4.99 Å². The van der Waals surface area contributed by atoms with Crippen molar-refractivity contribution in [1.29, 1.82) is 0 Å². The van der Waals surface area contributed by atoms with Crippen LogP contribution in [-0.2, 0) is 6.54 Å². The Morgan fingerprint density at radius 1 is 1.03 bits per heavy atom. The lowest BCUT2D eigenvalue weighted by atomic mass is 10.1. The molecule has 0 aliphatic carbocycles. The fourth-order valence-electron chi connectivity index (χ4n) is 3.01. The number of amides is 2. The number of nitrogens with zero attached hydrogens (tertiary/aromatic N) is 2. The van der Waals surface area contributed by atoms with Gasteiger partial charge in [0.2, 0.25) is 0 Å². The van der Waals surface area contributed by atoms with E-state index in [1.807, 2.05) is 70.2 Å². The lowest BCUT2D eigenvalue weighted by molar-refractivity contribution is 0.0954. The zero-order valence-corrected chi connectivity index (χ0v) is 18.0. The molecular formula is C23H25N3O2S. The van der Waals surface area contributed by atoms with Gasteiger partial charge in [-0.15, -0.1) is 11.3 Å². The molecule has 0 saturated heterocycles. The van der Waals surface area contributed by atoms with Crippen molar-refractivity contribution < 1.29 is 9.59 Å². The molecule has 0 radical (unpaired) electrons. The molecule has 1 aromatic heterocycles. The first kappa shape index (κ1) is 20.7. The van der Waals surface area contributed by atoms with Crippen molar-refractivity contribution in [3.8, 4) is 0 Å². The van der Waals surface area contributed by atoms with Gasteiger partial charge in [-0.1, -0.05) is 29.8 Å². The predicted octanol–water partition coefficient (Wildman–Crippen LogP) is 4.01. The van der Waals surface area contributed by atoms with Crippen LogP contribution < -0.4 is 10.1 Å². The van der Waals surface area contributed by atoms with E-state index in [9.17, 15) is 9.59 Å². The van der Waals surface area contributed by atoms with Gasteiger partial charge in [0.25, 0.3) is 11.8 Å². The lowest BCUT2D eigenvalue weighted by Gasteiger charge is -2.08. The minimum atomic E-state index is -0.240. The van der Waals surface area contributed by atoms with Gasteiger partial charge in [0.15, 0.2) is 4.80 Å². The molecule has 0 saturated carbocycles. The van der Waals surface area contributed by atoms with Gasteiger partial charge in [0.1, 0.15) is 0 Å². The van der Waals surface area contributed by atoms with Crippen molar-refractivity contribution in [2.45, 2.75) is 34.2 Å². The monoisotopic (exact) mass is 407 g/mol. The fraction of sp³-hybridized carbons (Fsp3) is 0.261. The number of rotatable bonds is 5. The summed E-state index contributed by atoms with van der Waals surface area (Å²) in [6, 6.07) is 15.0. The van der Waals surface area contributed by atoms with Crippen molar-refractivity contribution in [2.75, 3.05) is 6.54 Å². The van der Waals surface area contributed by atoms with E-state index >= 15 is 0 Å². The summed E-state index contributed by atoms with van der Waals surface area (Å²) in [7, 11) is 0. The van der Waals surface area contributed by atoms with E-state index in [0.29, 0.717) is 29.0 Å². The first-order valence-corrected chi connectivity index (χ1v) is 10.4. The molecule has 0 spiro atoms. The van der Waals surface area contributed by atoms with Crippen LogP contribution in [0.15, 0.2) is 53.5 Å². The third-order valence-electron chi connectivity index (χ3n) is 4.75. The second-order valence-electron chi connectivity index (χ2n) is 6.96. The van der Waals surface area contributed by atoms with Gasteiger partial charge in [-0.05, 0) is 57.5 Å². The van der Waals surface area contributed by atoms with Crippen LogP contribution in [0.2, 0.25) is 0 Å². The summed E-state index contributed by atoms with van der Waals surface area (Å²) < 4.78 is 2.05. The second-order valence-corrected chi connectivity index (χ2v) is 8.14.